The second-order valence-corrected chi connectivity index (χ2v) is 3.57. The normalized spacial score (nSPS) is 11.9. The van der Waals surface area contributed by atoms with Crippen molar-refractivity contribution < 1.29 is 14.7 Å². The minimum absolute atomic E-state index is 0.101. The zero-order valence-electron chi connectivity index (χ0n) is 9.23. The van der Waals surface area contributed by atoms with E-state index in [1.54, 1.807) is 12.3 Å². The molecule has 1 atom stereocenters. The summed E-state index contributed by atoms with van der Waals surface area (Å²) in [4.78, 5) is 26.1. The van der Waals surface area contributed by atoms with E-state index in [2.05, 4.69) is 10.3 Å². The third kappa shape index (κ3) is 3.34. The minimum Gasteiger partial charge on any atom is -0.480 e. The molecule has 1 aromatic rings. The van der Waals surface area contributed by atoms with Crippen molar-refractivity contribution in [3.63, 3.8) is 0 Å². The van der Waals surface area contributed by atoms with Gasteiger partial charge in [-0.1, -0.05) is 6.07 Å². The van der Waals surface area contributed by atoms with Crippen molar-refractivity contribution in [2.75, 3.05) is 0 Å². The first-order valence-corrected chi connectivity index (χ1v) is 4.93. The first-order valence-electron chi connectivity index (χ1n) is 4.93. The van der Waals surface area contributed by atoms with E-state index in [9.17, 15) is 9.59 Å². The molecule has 86 valence electrons. The van der Waals surface area contributed by atoms with E-state index in [1.165, 1.54) is 6.92 Å². The summed E-state index contributed by atoms with van der Waals surface area (Å²) in [7, 11) is 0. The summed E-state index contributed by atoms with van der Waals surface area (Å²) in [6.45, 7) is 3.28. The number of nitrogens with zero attached hydrogens (tertiary/aromatic N) is 1. The molecule has 2 N–H and O–H groups in total. The second-order valence-electron chi connectivity index (χ2n) is 3.57. The molecule has 0 aromatic carbocycles. The number of aryl methyl sites for hydroxylation is 1. The Labute approximate surface area is 93.5 Å². The van der Waals surface area contributed by atoms with Crippen LogP contribution in [-0.4, -0.2) is 28.0 Å². The zero-order chi connectivity index (χ0) is 12.1. The Kier molecular flexibility index (Phi) is 3.99. The van der Waals surface area contributed by atoms with Crippen molar-refractivity contribution >= 4 is 11.9 Å². The van der Waals surface area contributed by atoms with Gasteiger partial charge in [0.05, 0.1) is 12.1 Å². The average molecular weight is 222 g/mol. The Balaban J connectivity index is 2.59. The lowest BCUT2D eigenvalue weighted by atomic mass is 10.1. The summed E-state index contributed by atoms with van der Waals surface area (Å²) < 4.78 is 0. The number of hydrogen-bond donors (Lipinski definition) is 2. The molecule has 0 saturated heterocycles. The molecule has 0 spiro atoms. The van der Waals surface area contributed by atoms with Crippen molar-refractivity contribution in [3.8, 4) is 0 Å². The van der Waals surface area contributed by atoms with E-state index < -0.39 is 12.0 Å². The fourth-order valence-corrected chi connectivity index (χ4v) is 1.21. The van der Waals surface area contributed by atoms with Gasteiger partial charge in [0.2, 0.25) is 5.91 Å². The summed E-state index contributed by atoms with van der Waals surface area (Å²) in [5.74, 6) is -1.39. The van der Waals surface area contributed by atoms with Gasteiger partial charge in [0.1, 0.15) is 6.04 Å². The number of carboxylic acid groups (broad SMARTS) is 1. The number of amides is 1. The van der Waals surface area contributed by atoms with Crippen molar-refractivity contribution in [3.05, 3.63) is 29.6 Å². The Morgan fingerprint density at radius 1 is 1.56 bits per heavy atom. The number of carbonyl (C=O) groups is 2. The first kappa shape index (κ1) is 12.2. The molecule has 1 amide bonds. The smallest absolute Gasteiger partial charge is 0.325 e. The third-order valence-electron chi connectivity index (χ3n) is 2.19. The van der Waals surface area contributed by atoms with Gasteiger partial charge in [-0.2, -0.15) is 0 Å². The maximum atomic E-state index is 11.5. The van der Waals surface area contributed by atoms with Gasteiger partial charge in [-0.25, -0.2) is 0 Å². The molecule has 1 rings (SSSR count). The summed E-state index contributed by atoms with van der Waals surface area (Å²) in [5.41, 5.74) is 1.58. The highest BCUT2D eigenvalue weighted by Crippen LogP contribution is 2.03. The summed E-state index contributed by atoms with van der Waals surface area (Å²) >= 11 is 0. The predicted molar refractivity (Wildman–Crippen MR) is 57.9 cm³/mol. The number of carbonyl (C=O) groups excluding carboxylic acids is 1. The molecule has 16 heavy (non-hydrogen) atoms. The lowest BCUT2D eigenvalue weighted by molar-refractivity contribution is -0.141. The number of hydrogen-bond acceptors (Lipinski definition) is 3. The Bertz CT molecular complexity index is 404. The lowest BCUT2D eigenvalue weighted by Crippen LogP contribution is -2.39. The van der Waals surface area contributed by atoms with E-state index in [0.29, 0.717) is 5.69 Å². The van der Waals surface area contributed by atoms with E-state index in [0.717, 1.165) is 5.56 Å². The lowest BCUT2D eigenvalue weighted by Gasteiger charge is -2.09. The van der Waals surface area contributed by atoms with Gasteiger partial charge in [0.25, 0.3) is 0 Å². The quantitative estimate of drug-likeness (QED) is 0.778. The van der Waals surface area contributed by atoms with Crippen LogP contribution in [0.3, 0.4) is 0 Å². The largest absolute Gasteiger partial charge is 0.480 e. The molecule has 0 radical (unpaired) electrons. The van der Waals surface area contributed by atoms with Gasteiger partial charge in [0.15, 0.2) is 0 Å². The molecule has 0 unspecified atom stereocenters. The van der Waals surface area contributed by atoms with Crippen molar-refractivity contribution in [2.45, 2.75) is 26.3 Å². The van der Waals surface area contributed by atoms with Crippen LogP contribution in [0.4, 0.5) is 0 Å². The van der Waals surface area contributed by atoms with Crippen LogP contribution in [0.25, 0.3) is 0 Å². The van der Waals surface area contributed by atoms with Gasteiger partial charge >= 0.3 is 5.97 Å². The summed E-state index contributed by atoms with van der Waals surface area (Å²) in [6.07, 6.45) is 1.71. The maximum Gasteiger partial charge on any atom is 0.325 e. The minimum atomic E-state index is -1.05. The number of pyridine rings is 1. The van der Waals surface area contributed by atoms with E-state index in [4.69, 9.17) is 5.11 Å². The highest BCUT2D eigenvalue weighted by molar-refractivity contribution is 5.84. The number of aliphatic carboxylic acids is 1. The second kappa shape index (κ2) is 5.25. The molecule has 0 aliphatic heterocycles. The highest BCUT2D eigenvalue weighted by Gasteiger charge is 2.14. The summed E-state index contributed by atoms with van der Waals surface area (Å²) in [6, 6.07) is 2.77. The van der Waals surface area contributed by atoms with E-state index in [-0.39, 0.29) is 12.3 Å². The van der Waals surface area contributed by atoms with Crippen molar-refractivity contribution in [1.82, 2.24) is 10.3 Å². The molecule has 0 bridgehead atoms. The van der Waals surface area contributed by atoms with Crippen LogP contribution in [-0.2, 0) is 16.0 Å². The molecule has 5 nitrogen and oxygen atoms in total. The van der Waals surface area contributed by atoms with Crippen LogP contribution in [0.2, 0.25) is 0 Å². The van der Waals surface area contributed by atoms with Gasteiger partial charge in [-0.3, -0.25) is 14.6 Å². The van der Waals surface area contributed by atoms with Crippen molar-refractivity contribution in [1.29, 1.82) is 0 Å². The van der Waals surface area contributed by atoms with Gasteiger partial charge in [-0.05, 0) is 25.5 Å². The fourth-order valence-electron chi connectivity index (χ4n) is 1.21. The van der Waals surface area contributed by atoms with Crippen LogP contribution in [0.5, 0.6) is 0 Å². The Morgan fingerprint density at radius 3 is 2.81 bits per heavy atom. The van der Waals surface area contributed by atoms with E-state index >= 15 is 0 Å². The third-order valence-corrected chi connectivity index (χ3v) is 2.19. The number of aromatic nitrogens is 1. The standard InChI is InChI=1S/C11H14N2O3/c1-7-4-3-5-12-9(7)6-10(14)13-8(2)11(15)16/h3-5,8H,6H2,1-2H3,(H,13,14)(H,15,16)/t8-/m0/s1. The summed E-state index contributed by atoms with van der Waals surface area (Å²) in [5, 5.41) is 11.0. The highest BCUT2D eigenvalue weighted by atomic mass is 16.4. The topological polar surface area (TPSA) is 79.3 Å². The van der Waals surface area contributed by atoms with Crippen LogP contribution >= 0.6 is 0 Å². The van der Waals surface area contributed by atoms with Crippen LogP contribution < -0.4 is 5.32 Å². The molecular weight excluding hydrogens is 208 g/mol. The number of rotatable bonds is 4. The van der Waals surface area contributed by atoms with Crippen LogP contribution in [0.1, 0.15) is 18.2 Å². The molecular formula is C11H14N2O3. The number of nitrogens with one attached hydrogen (secondary N) is 1. The maximum absolute atomic E-state index is 11.5. The molecule has 0 aliphatic carbocycles. The molecule has 1 aromatic heterocycles. The fraction of sp³-hybridized carbons (Fsp3) is 0.364. The predicted octanol–water partition coefficient (Wildman–Crippen LogP) is 0.522. The molecule has 1 heterocycles. The first-order chi connectivity index (χ1) is 7.50. The number of carboxylic acids is 1. The van der Waals surface area contributed by atoms with Gasteiger partial charge < -0.3 is 10.4 Å². The van der Waals surface area contributed by atoms with Gasteiger partial charge in [0, 0.05) is 6.20 Å². The van der Waals surface area contributed by atoms with Crippen molar-refractivity contribution in [2.24, 2.45) is 0 Å². The van der Waals surface area contributed by atoms with E-state index in [1.807, 2.05) is 13.0 Å². The zero-order valence-corrected chi connectivity index (χ0v) is 9.23. The SMILES string of the molecule is Cc1cccnc1CC(=O)N[C@@H](C)C(=O)O. The molecule has 0 aliphatic rings. The molecule has 0 saturated carbocycles. The molecule has 5 heteroatoms. The Hall–Kier alpha value is -1.91. The van der Waals surface area contributed by atoms with Gasteiger partial charge in [-0.15, -0.1) is 0 Å². The monoisotopic (exact) mass is 222 g/mol. The molecule has 0 fully saturated rings. The average Bonchev–Trinajstić information content (AvgIpc) is 2.21. The van der Waals surface area contributed by atoms with Crippen LogP contribution in [0, 0.1) is 6.92 Å². The van der Waals surface area contributed by atoms with Crippen LogP contribution in [0.15, 0.2) is 18.3 Å². The Morgan fingerprint density at radius 2 is 2.25 bits per heavy atom.